The number of rotatable bonds is 4. The normalized spacial score (nSPS) is 17.8. The van der Waals surface area contributed by atoms with E-state index >= 15 is 0 Å². The van der Waals surface area contributed by atoms with Crippen LogP contribution in [-0.2, 0) is 9.53 Å². The van der Waals surface area contributed by atoms with Crippen LogP contribution in [0.1, 0.15) is 21.8 Å². The van der Waals surface area contributed by atoms with Crippen LogP contribution in [0, 0.1) is 6.92 Å². The predicted molar refractivity (Wildman–Crippen MR) is 84.7 cm³/mol. The zero-order valence-electron chi connectivity index (χ0n) is 12.0. The smallest absolute Gasteiger partial charge is 0.340 e. The number of hydrogen-bond acceptors (Lipinski definition) is 8. The third-order valence-electron chi connectivity index (χ3n) is 3.32. The molecule has 0 radical (unpaired) electrons. The van der Waals surface area contributed by atoms with E-state index < -0.39 is 5.97 Å². The Balaban J connectivity index is 1.76. The lowest BCUT2D eigenvalue weighted by Gasteiger charge is -2.16. The molecule has 3 heterocycles. The topological polar surface area (TPSA) is 84.4 Å². The number of nitrogens with zero attached hydrogens (tertiary/aromatic N) is 3. The Hall–Kier alpha value is -2.00. The van der Waals surface area contributed by atoms with E-state index in [0.717, 1.165) is 5.01 Å². The molecule has 9 heteroatoms. The summed E-state index contributed by atoms with van der Waals surface area (Å²) in [6.45, 7) is 2.42. The Labute approximate surface area is 134 Å². The molecule has 1 unspecified atom stereocenters. The maximum atomic E-state index is 12.6. The number of carbonyl (C=O) groups is 2. The van der Waals surface area contributed by atoms with Crippen LogP contribution in [0.3, 0.4) is 0 Å². The standard InChI is InChI=1S/C13H14N4O3S2/c1-7-15-16-13(22-7)14-9-3-5-17(10(9)18)11-8(4-6-21-11)12(19)20-2/h4,6,9H,3,5H2,1-2H3,(H,14,16). The van der Waals surface area contributed by atoms with Crippen molar-refractivity contribution < 1.29 is 14.3 Å². The van der Waals surface area contributed by atoms with Gasteiger partial charge in [0, 0.05) is 6.54 Å². The summed E-state index contributed by atoms with van der Waals surface area (Å²) in [5.74, 6) is -0.499. The van der Waals surface area contributed by atoms with Gasteiger partial charge in [0.25, 0.3) is 0 Å². The van der Waals surface area contributed by atoms with Gasteiger partial charge in [-0.25, -0.2) is 4.79 Å². The molecule has 0 spiro atoms. The maximum Gasteiger partial charge on any atom is 0.340 e. The van der Waals surface area contributed by atoms with Gasteiger partial charge in [0.1, 0.15) is 16.1 Å². The number of methoxy groups -OCH3 is 1. The van der Waals surface area contributed by atoms with Crippen LogP contribution in [0.4, 0.5) is 10.1 Å². The van der Waals surface area contributed by atoms with Crippen LogP contribution in [-0.4, -0.2) is 41.8 Å². The van der Waals surface area contributed by atoms with Gasteiger partial charge in [-0.15, -0.1) is 21.5 Å². The van der Waals surface area contributed by atoms with E-state index in [4.69, 9.17) is 4.74 Å². The minimum Gasteiger partial charge on any atom is -0.465 e. The number of hydrogen-bond donors (Lipinski definition) is 1. The minimum atomic E-state index is -0.430. The predicted octanol–water partition coefficient (Wildman–Crippen LogP) is 1.91. The first-order chi connectivity index (χ1) is 10.6. The third-order valence-corrected chi connectivity index (χ3v) is 5.03. The molecule has 1 amide bonds. The molecule has 1 N–H and O–H groups in total. The van der Waals surface area contributed by atoms with E-state index in [1.807, 2.05) is 6.92 Å². The molecule has 1 atom stereocenters. The van der Waals surface area contributed by atoms with Crippen LogP contribution in [0.2, 0.25) is 0 Å². The molecule has 1 aliphatic heterocycles. The van der Waals surface area contributed by atoms with Gasteiger partial charge in [-0.2, -0.15) is 0 Å². The largest absolute Gasteiger partial charge is 0.465 e. The lowest BCUT2D eigenvalue weighted by atomic mass is 10.2. The van der Waals surface area contributed by atoms with Gasteiger partial charge < -0.3 is 15.0 Å². The lowest BCUT2D eigenvalue weighted by molar-refractivity contribution is -0.117. The summed E-state index contributed by atoms with van der Waals surface area (Å²) in [5.41, 5.74) is 0.424. The fourth-order valence-electron chi connectivity index (χ4n) is 2.30. The van der Waals surface area contributed by atoms with Gasteiger partial charge in [0.2, 0.25) is 11.0 Å². The zero-order valence-corrected chi connectivity index (χ0v) is 13.7. The molecule has 0 saturated carbocycles. The van der Waals surface area contributed by atoms with Crippen molar-refractivity contribution in [3.8, 4) is 0 Å². The molecule has 0 bridgehead atoms. The van der Waals surface area contributed by atoms with Crippen molar-refractivity contribution in [3.63, 3.8) is 0 Å². The summed E-state index contributed by atoms with van der Waals surface area (Å²) in [6, 6.07) is 1.33. The molecule has 116 valence electrons. The first kappa shape index (κ1) is 14.9. The Kier molecular flexibility index (Phi) is 4.08. The SMILES string of the molecule is COC(=O)c1ccsc1N1CCC(Nc2nnc(C)s2)C1=O. The van der Waals surface area contributed by atoms with E-state index in [9.17, 15) is 9.59 Å². The monoisotopic (exact) mass is 338 g/mol. The summed E-state index contributed by atoms with van der Waals surface area (Å²) in [6.07, 6.45) is 0.649. The highest BCUT2D eigenvalue weighted by atomic mass is 32.1. The Morgan fingerprint density at radius 2 is 2.32 bits per heavy atom. The Morgan fingerprint density at radius 1 is 1.50 bits per heavy atom. The molecular formula is C13H14N4O3S2. The molecular weight excluding hydrogens is 324 g/mol. The molecule has 1 fully saturated rings. The number of thiophene rings is 1. The first-order valence-electron chi connectivity index (χ1n) is 6.64. The highest BCUT2D eigenvalue weighted by Crippen LogP contribution is 2.32. The number of esters is 1. The molecule has 1 saturated heterocycles. The van der Waals surface area contributed by atoms with E-state index in [-0.39, 0.29) is 11.9 Å². The fourth-order valence-corrected chi connectivity index (χ4v) is 3.86. The summed E-state index contributed by atoms with van der Waals surface area (Å²) in [5, 5.41) is 14.9. The van der Waals surface area contributed by atoms with Crippen molar-refractivity contribution in [1.82, 2.24) is 10.2 Å². The van der Waals surface area contributed by atoms with E-state index in [1.165, 1.54) is 29.8 Å². The Morgan fingerprint density at radius 3 is 3.00 bits per heavy atom. The van der Waals surface area contributed by atoms with Crippen molar-refractivity contribution >= 4 is 44.7 Å². The first-order valence-corrected chi connectivity index (χ1v) is 8.33. The highest BCUT2D eigenvalue weighted by molar-refractivity contribution is 7.15. The number of aromatic nitrogens is 2. The Bertz CT molecular complexity index is 712. The molecule has 1 aliphatic rings. The molecule has 0 aliphatic carbocycles. The lowest BCUT2D eigenvalue weighted by Crippen LogP contribution is -2.33. The van der Waals surface area contributed by atoms with Gasteiger partial charge in [-0.3, -0.25) is 4.79 Å². The molecule has 0 aromatic carbocycles. The van der Waals surface area contributed by atoms with Crippen LogP contribution in [0.5, 0.6) is 0 Å². The van der Waals surface area contributed by atoms with Crippen molar-refractivity contribution in [3.05, 3.63) is 22.0 Å². The van der Waals surface area contributed by atoms with Crippen LogP contribution < -0.4 is 10.2 Å². The number of nitrogens with one attached hydrogen (secondary N) is 1. The second-order valence-corrected chi connectivity index (χ2v) is 6.81. The van der Waals surface area contributed by atoms with E-state index in [2.05, 4.69) is 15.5 Å². The number of carbonyl (C=O) groups excluding carboxylic acids is 2. The van der Waals surface area contributed by atoms with Crippen molar-refractivity contribution in [2.75, 3.05) is 23.9 Å². The molecule has 3 rings (SSSR count). The second-order valence-electron chi connectivity index (χ2n) is 4.73. The number of amides is 1. The third kappa shape index (κ3) is 2.69. The fraction of sp³-hybridized carbons (Fsp3) is 0.385. The van der Waals surface area contributed by atoms with Crippen LogP contribution >= 0.6 is 22.7 Å². The molecule has 2 aromatic heterocycles. The summed E-state index contributed by atoms with van der Waals surface area (Å²) < 4.78 is 4.75. The summed E-state index contributed by atoms with van der Waals surface area (Å²) in [4.78, 5) is 25.9. The zero-order chi connectivity index (χ0) is 15.7. The van der Waals surface area contributed by atoms with E-state index in [0.29, 0.717) is 28.7 Å². The van der Waals surface area contributed by atoms with Crippen LogP contribution in [0.25, 0.3) is 0 Å². The quantitative estimate of drug-likeness (QED) is 0.857. The van der Waals surface area contributed by atoms with Crippen molar-refractivity contribution in [2.45, 2.75) is 19.4 Å². The van der Waals surface area contributed by atoms with Gasteiger partial charge in [0.05, 0.1) is 12.7 Å². The van der Waals surface area contributed by atoms with Gasteiger partial charge in [0.15, 0.2) is 0 Å². The molecule has 2 aromatic rings. The van der Waals surface area contributed by atoms with Gasteiger partial charge >= 0.3 is 5.97 Å². The number of aryl methyl sites for hydroxylation is 1. The number of ether oxygens (including phenoxy) is 1. The highest BCUT2D eigenvalue weighted by Gasteiger charge is 2.35. The average Bonchev–Trinajstić information content (AvgIpc) is 3.21. The summed E-state index contributed by atoms with van der Waals surface area (Å²) >= 11 is 2.77. The number of anilines is 2. The maximum absolute atomic E-state index is 12.6. The van der Waals surface area contributed by atoms with Crippen molar-refractivity contribution in [1.29, 1.82) is 0 Å². The van der Waals surface area contributed by atoms with E-state index in [1.54, 1.807) is 16.3 Å². The average molecular weight is 338 g/mol. The molecule has 7 nitrogen and oxygen atoms in total. The minimum absolute atomic E-state index is 0.0690. The van der Waals surface area contributed by atoms with Gasteiger partial charge in [-0.05, 0) is 24.8 Å². The second kappa shape index (κ2) is 6.01. The van der Waals surface area contributed by atoms with Crippen molar-refractivity contribution in [2.24, 2.45) is 0 Å². The summed E-state index contributed by atoms with van der Waals surface area (Å²) in [7, 11) is 1.33. The molecule has 22 heavy (non-hydrogen) atoms. The van der Waals surface area contributed by atoms with Crippen LogP contribution in [0.15, 0.2) is 11.4 Å². The van der Waals surface area contributed by atoms with Gasteiger partial charge in [-0.1, -0.05) is 11.3 Å².